The van der Waals surface area contributed by atoms with E-state index in [4.69, 9.17) is 11.5 Å². The summed E-state index contributed by atoms with van der Waals surface area (Å²) in [5.74, 6) is 0.745. The van der Waals surface area contributed by atoms with E-state index in [2.05, 4.69) is 18.1 Å². The van der Waals surface area contributed by atoms with Crippen molar-refractivity contribution in [3.63, 3.8) is 0 Å². The van der Waals surface area contributed by atoms with Crippen LogP contribution in [0.25, 0.3) is 0 Å². The van der Waals surface area contributed by atoms with E-state index in [0.29, 0.717) is 19.0 Å². The van der Waals surface area contributed by atoms with Crippen LogP contribution in [-0.2, 0) is 4.79 Å². The minimum atomic E-state index is -0.288. The van der Waals surface area contributed by atoms with Crippen molar-refractivity contribution >= 4 is 17.7 Å². The van der Waals surface area contributed by atoms with Gasteiger partial charge in [0, 0.05) is 30.8 Å². The summed E-state index contributed by atoms with van der Waals surface area (Å²) in [6.45, 7) is 2.60. The van der Waals surface area contributed by atoms with Crippen molar-refractivity contribution in [1.29, 1.82) is 0 Å². The zero-order valence-corrected chi connectivity index (χ0v) is 10.0. The zero-order valence-electron chi connectivity index (χ0n) is 9.19. The van der Waals surface area contributed by atoms with Crippen LogP contribution in [0.4, 0.5) is 0 Å². The molecule has 0 radical (unpaired) electrons. The van der Waals surface area contributed by atoms with Crippen LogP contribution in [0, 0.1) is 0 Å². The molecule has 2 atom stereocenters. The second-order valence-corrected chi connectivity index (χ2v) is 4.44. The first kappa shape index (κ1) is 13.7. The number of carbonyl (C=O) groups excluding carboxylic acids is 1. The van der Waals surface area contributed by atoms with Crippen LogP contribution in [0.5, 0.6) is 0 Å². The molecule has 0 aliphatic rings. The molecule has 14 heavy (non-hydrogen) atoms. The number of primary amides is 1. The number of nitrogens with two attached hydrogens (primary N) is 2. The third kappa shape index (κ3) is 4.83. The zero-order chi connectivity index (χ0) is 11.1. The molecule has 0 bridgehead atoms. The molecule has 0 saturated carbocycles. The van der Waals surface area contributed by atoms with Gasteiger partial charge < -0.3 is 11.5 Å². The number of likely N-dealkylation sites (N-methyl/N-ethyl adjacent to an activating group) is 1. The van der Waals surface area contributed by atoms with Crippen molar-refractivity contribution in [2.75, 3.05) is 25.6 Å². The quantitative estimate of drug-likeness (QED) is 0.626. The van der Waals surface area contributed by atoms with Crippen LogP contribution in [0.1, 0.15) is 13.3 Å². The molecule has 0 fully saturated rings. The summed E-state index contributed by atoms with van der Waals surface area (Å²) in [4.78, 5) is 12.9. The van der Waals surface area contributed by atoms with Gasteiger partial charge in [0.25, 0.3) is 0 Å². The lowest BCUT2D eigenvalue weighted by molar-refractivity contribution is -0.119. The summed E-state index contributed by atoms with van der Waals surface area (Å²) in [5.41, 5.74) is 10.8. The van der Waals surface area contributed by atoms with Crippen molar-refractivity contribution in [1.82, 2.24) is 4.90 Å². The number of hydrogen-bond donors (Lipinski definition) is 2. The molecule has 0 rings (SSSR count). The number of thioether (sulfide) groups is 1. The Bertz CT molecular complexity index is 177. The normalized spacial score (nSPS) is 15.5. The van der Waals surface area contributed by atoms with Crippen LogP contribution in [0.2, 0.25) is 0 Å². The molecular formula is C9H21N3OS. The maximum atomic E-state index is 10.8. The maximum absolute atomic E-state index is 10.8. The molecule has 0 heterocycles. The molecule has 2 unspecified atom stereocenters. The van der Waals surface area contributed by atoms with Crippen LogP contribution in [0.3, 0.4) is 0 Å². The monoisotopic (exact) mass is 219 g/mol. The Morgan fingerprint density at radius 2 is 2.14 bits per heavy atom. The predicted molar refractivity (Wildman–Crippen MR) is 62.3 cm³/mol. The summed E-state index contributed by atoms with van der Waals surface area (Å²) in [7, 11) is 1.99. The summed E-state index contributed by atoms with van der Waals surface area (Å²) in [6, 6.07) is 0.479. The predicted octanol–water partition coefficient (Wildman–Crippen LogP) is -0.128. The van der Waals surface area contributed by atoms with E-state index in [1.165, 1.54) is 0 Å². The standard InChI is InChI=1S/C9H21N3OS/c1-7(6-14-3)12(2)8(5-10)4-9(11)13/h7-8H,4-6,10H2,1-3H3,(H2,11,13). The third-order valence-corrected chi connectivity index (χ3v) is 3.20. The maximum Gasteiger partial charge on any atom is 0.219 e. The van der Waals surface area contributed by atoms with Crippen LogP contribution < -0.4 is 11.5 Å². The first-order chi connectivity index (χ1) is 6.52. The number of amides is 1. The van der Waals surface area contributed by atoms with Gasteiger partial charge in [-0.1, -0.05) is 0 Å². The largest absolute Gasteiger partial charge is 0.370 e. The molecule has 0 aromatic rings. The molecule has 0 aromatic heterocycles. The summed E-state index contributed by atoms with van der Waals surface area (Å²) in [6.07, 6.45) is 2.40. The van der Waals surface area contributed by atoms with Crippen molar-refractivity contribution in [2.24, 2.45) is 11.5 Å². The van der Waals surface area contributed by atoms with Gasteiger partial charge in [-0.3, -0.25) is 9.69 Å². The Kier molecular flexibility index (Phi) is 6.96. The third-order valence-electron chi connectivity index (χ3n) is 2.39. The number of carbonyl (C=O) groups is 1. The molecule has 0 aliphatic carbocycles. The molecule has 0 spiro atoms. The molecule has 0 aliphatic heterocycles. The van der Waals surface area contributed by atoms with Gasteiger partial charge in [0.15, 0.2) is 0 Å². The van der Waals surface area contributed by atoms with E-state index in [0.717, 1.165) is 5.75 Å². The highest BCUT2D eigenvalue weighted by atomic mass is 32.2. The fraction of sp³-hybridized carbons (Fsp3) is 0.889. The summed E-state index contributed by atoms with van der Waals surface area (Å²) < 4.78 is 0. The van der Waals surface area contributed by atoms with E-state index >= 15 is 0 Å². The molecule has 4 nitrogen and oxygen atoms in total. The summed E-state index contributed by atoms with van der Waals surface area (Å²) >= 11 is 1.79. The Morgan fingerprint density at radius 3 is 2.50 bits per heavy atom. The first-order valence-corrected chi connectivity index (χ1v) is 6.11. The van der Waals surface area contributed by atoms with Crippen LogP contribution in [-0.4, -0.2) is 48.5 Å². The lowest BCUT2D eigenvalue weighted by Gasteiger charge is -2.31. The fourth-order valence-electron chi connectivity index (χ4n) is 1.34. The summed E-state index contributed by atoms with van der Waals surface area (Å²) in [5, 5.41) is 0. The van der Waals surface area contributed by atoms with Gasteiger partial charge in [-0.15, -0.1) is 0 Å². The van der Waals surface area contributed by atoms with Crippen molar-refractivity contribution in [3.05, 3.63) is 0 Å². The highest BCUT2D eigenvalue weighted by molar-refractivity contribution is 7.98. The van der Waals surface area contributed by atoms with Crippen LogP contribution in [0.15, 0.2) is 0 Å². The molecule has 84 valence electrons. The van der Waals surface area contributed by atoms with Gasteiger partial charge in [0.1, 0.15) is 0 Å². The Labute approximate surface area is 90.4 Å². The van der Waals surface area contributed by atoms with Crippen molar-refractivity contribution in [2.45, 2.75) is 25.4 Å². The molecule has 5 heteroatoms. The van der Waals surface area contributed by atoms with Gasteiger partial charge in [-0.25, -0.2) is 0 Å². The average Bonchev–Trinajstić information content (AvgIpc) is 2.13. The smallest absolute Gasteiger partial charge is 0.219 e. The van der Waals surface area contributed by atoms with Gasteiger partial charge in [-0.2, -0.15) is 11.8 Å². The highest BCUT2D eigenvalue weighted by Crippen LogP contribution is 2.09. The highest BCUT2D eigenvalue weighted by Gasteiger charge is 2.19. The van der Waals surface area contributed by atoms with E-state index in [-0.39, 0.29) is 11.9 Å². The Morgan fingerprint density at radius 1 is 1.57 bits per heavy atom. The molecule has 1 amide bonds. The average molecular weight is 219 g/mol. The van der Waals surface area contributed by atoms with E-state index in [1.807, 2.05) is 7.05 Å². The minimum Gasteiger partial charge on any atom is -0.370 e. The van der Waals surface area contributed by atoms with E-state index < -0.39 is 0 Å². The molecule has 0 saturated heterocycles. The van der Waals surface area contributed by atoms with E-state index in [9.17, 15) is 4.79 Å². The lowest BCUT2D eigenvalue weighted by Crippen LogP contribution is -2.46. The van der Waals surface area contributed by atoms with Gasteiger partial charge in [0.05, 0.1) is 0 Å². The topological polar surface area (TPSA) is 72.3 Å². The fourth-order valence-corrected chi connectivity index (χ4v) is 2.06. The number of rotatable bonds is 7. The number of nitrogens with zero attached hydrogens (tertiary/aromatic N) is 1. The van der Waals surface area contributed by atoms with Gasteiger partial charge >= 0.3 is 0 Å². The first-order valence-electron chi connectivity index (χ1n) is 4.72. The van der Waals surface area contributed by atoms with Crippen molar-refractivity contribution < 1.29 is 4.79 Å². The minimum absolute atomic E-state index is 0.0645. The van der Waals surface area contributed by atoms with E-state index in [1.54, 1.807) is 11.8 Å². The lowest BCUT2D eigenvalue weighted by atomic mass is 10.1. The SMILES string of the molecule is CSCC(C)N(C)C(CN)CC(N)=O. The Balaban J connectivity index is 4.14. The van der Waals surface area contributed by atoms with Crippen LogP contribution >= 0.6 is 11.8 Å². The van der Waals surface area contributed by atoms with Gasteiger partial charge in [-0.05, 0) is 20.2 Å². The number of hydrogen-bond acceptors (Lipinski definition) is 4. The second-order valence-electron chi connectivity index (χ2n) is 3.53. The van der Waals surface area contributed by atoms with Crippen molar-refractivity contribution in [3.8, 4) is 0 Å². The Hall–Kier alpha value is -0.260. The van der Waals surface area contributed by atoms with Gasteiger partial charge in [0.2, 0.25) is 5.91 Å². The molecule has 0 aromatic carbocycles. The molecule has 4 N–H and O–H groups in total. The second kappa shape index (κ2) is 7.09. The molecular weight excluding hydrogens is 198 g/mol.